The van der Waals surface area contributed by atoms with Crippen molar-refractivity contribution in [2.75, 3.05) is 20.3 Å². The van der Waals surface area contributed by atoms with Gasteiger partial charge in [-0.1, -0.05) is 6.07 Å². The summed E-state index contributed by atoms with van der Waals surface area (Å²) in [7, 11) is 1.44. The van der Waals surface area contributed by atoms with Gasteiger partial charge in [-0.3, -0.25) is 9.59 Å². The summed E-state index contributed by atoms with van der Waals surface area (Å²) < 4.78 is 68.9. The molecule has 4 N–H and O–H groups in total. The van der Waals surface area contributed by atoms with E-state index in [-0.39, 0.29) is 34.7 Å². The zero-order valence-electron chi connectivity index (χ0n) is 24.6. The number of alkyl halides is 3. The van der Waals surface area contributed by atoms with Gasteiger partial charge in [0.25, 0.3) is 5.91 Å². The highest BCUT2D eigenvalue weighted by Crippen LogP contribution is 2.42. The molecule has 4 aromatic rings. The summed E-state index contributed by atoms with van der Waals surface area (Å²) in [5, 5.41) is 14.9. The Morgan fingerprint density at radius 2 is 1.73 bits per heavy atom. The molecule has 2 amide bonds. The van der Waals surface area contributed by atoms with Crippen molar-refractivity contribution in [1.82, 2.24) is 10.3 Å². The number of hydrogen-bond donors (Lipinski definition) is 3. The number of benzene rings is 3. The number of aromatic nitrogens is 1. The number of pyridine rings is 1. The minimum atomic E-state index is -5.34. The zero-order chi connectivity index (χ0) is 32.5. The van der Waals surface area contributed by atoms with E-state index < -0.39 is 48.1 Å². The number of nitrogens with one attached hydrogen (secondary N) is 1. The molecular weight excluding hydrogens is 594 g/mol. The van der Waals surface area contributed by atoms with Gasteiger partial charge in [0.1, 0.15) is 23.0 Å². The summed E-state index contributed by atoms with van der Waals surface area (Å²) in [5.41, 5.74) is 3.02. The Kier molecular flexibility index (Phi) is 8.70. The Balaban J connectivity index is 1.56. The van der Waals surface area contributed by atoms with Crippen LogP contribution in [0, 0.1) is 5.82 Å². The first-order chi connectivity index (χ1) is 21.3. The molecule has 1 heterocycles. The number of rotatable bonds is 10. The number of amides is 2. The lowest BCUT2D eigenvalue weighted by atomic mass is 9.93. The third kappa shape index (κ3) is 6.28. The lowest BCUT2D eigenvalue weighted by Crippen LogP contribution is -2.51. The summed E-state index contributed by atoms with van der Waals surface area (Å²) in [6.07, 6.45) is -3.07. The van der Waals surface area contributed by atoms with Crippen LogP contribution in [-0.4, -0.2) is 48.3 Å². The van der Waals surface area contributed by atoms with Gasteiger partial charge in [0, 0.05) is 22.1 Å². The van der Waals surface area contributed by atoms with Gasteiger partial charge in [0.15, 0.2) is 0 Å². The average molecular weight is 626 g/mol. The molecule has 0 saturated carbocycles. The topological polar surface area (TPSA) is 124 Å². The second kappa shape index (κ2) is 12.4. The van der Waals surface area contributed by atoms with Crippen LogP contribution in [0.5, 0.6) is 11.5 Å². The van der Waals surface area contributed by atoms with Crippen molar-refractivity contribution >= 4 is 22.6 Å². The zero-order valence-corrected chi connectivity index (χ0v) is 24.6. The van der Waals surface area contributed by atoms with E-state index in [2.05, 4.69) is 10.3 Å². The van der Waals surface area contributed by atoms with E-state index in [1.54, 1.807) is 13.0 Å². The largest absolute Gasteiger partial charge is 0.496 e. The van der Waals surface area contributed by atoms with Crippen LogP contribution in [-0.2, 0) is 29.7 Å². The number of carbonyl (C=O) groups is 2. The molecule has 236 valence electrons. The summed E-state index contributed by atoms with van der Waals surface area (Å²) >= 11 is 0. The van der Waals surface area contributed by atoms with Crippen LogP contribution in [0.15, 0.2) is 54.6 Å². The van der Waals surface area contributed by atoms with E-state index in [1.807, 2.05) is 12.1 Å². The van der Waals surface area contributed by atoms with Crippen molar-refractivity contribution in [1.29, 1.82) is 0 Å². The van der Waals surface area contributed by atoms with Gasteiger partial charge >= 0.3 is 6.18 Å². The third-order valence-corrected chi connectivity index (χ3v) is 7.83. The van der Waals surface area contributed by atoms with E-state index >= 15 is 0 Å². The molecule has 1 aliphatic carbocycles. The number of methoxy groups -OCH3 is 1. The lowest BCUT2D eigenvalue weighted by molar-refractivity contribution is -0.265. The van der Waals surface area contributed by atoms with Gasteiger partial charge in [-0.25, -0.2) is 9.37 Å². The third-order valence-electron chi connectivity index (χ3n) is 7.83. The van der Waals surface area contributed by atoms with Crippen molar-refractivity contribution in [3.05, 3.63) is 88.4 Å². The standard InChI is InChI=1S/C33H31F4N3O5/c1-3-45-30-22(16-28(38)41)15-27(40-29(30)18-7-9-24(34)10-8-18)32(43,33(35,36)37)17-39-31(42)23-12-21-11-19-5-4-6-20(19)13-25(21)26(14-23)44-2/h7-15,43H,3-6,16-17H2,1-2H3,(H2,38,41)(H,39,42)/t32-/m0/s1. The first-order valence-corrected chi connectivity index (χ1v) is 14.3. The first-order valence-electron chi connectivity index (χ1n) is 14.3. The van der Waals surface area contributed by atoms with E-state index in [9.17, 15) is 32.3 Å². The van der Waals surface area contributed by atoms with Gasteiger partial charge < -0.3 is 25.6 Å². The van der Waals surface area contributed by atoms with Crippen molar-refractivity contribution in [2.45, 2.75) is 44.4 Å². The van der Waals surface area contributed by atoms with E-state index in [0.717, 1.165) is 48.4 Å². The van der Waals surface area contributed by atoms with Crippen LogP contribution >= 0.6 is 0 Å². The maximum absolute atomic E-state index is 14.7. The molecule has 45 heavy (non-hydrogen) atoms. The Bertz CT molecular complexity index is 1780. The summed E-state index contributed by atoms with van der Waals surface area (Å²) in [4.78, 5) is 29.3. The van der Waals surface area contributed by atoms with E-state index in [0.29, 0.717) is 11.1 Å². The molecule has 1 aliphatic rings. The van der Waals surface area contributed by atoms with Crippen molar-refractivity contribution in [3.8, 4) is 22.8 Å². The number of ether oxygens (including phenoxy) is 2. The Morgan fingerprint density at radius 1 is 1.04 bits per heavy atom. The highest BCUT2D eigenvalue weighted by molar-refractivity contribution is 6.01. The number of aryl methyl sites for hydroxylation is 2. The first kappa shape index (κ1) is 31.7. The van der Waals surface area contributed by atoms with Crippen LogP contribution in [0.2, 0.25) is 0 Å². The maximum atomic E-state index is 14.7. The van der Waals surface area contributed by atoms with Crippen LogP contribution in [0.25, 0.3) is 22.0 Å². The molecule has 0 spiro atoms. The highest BCUT2D eigenvalue weighted by Gasteiger charge is 2.56. The molecule has 3 aromatic carbocycles. The van der Waals surface area contributed by atoms with Crippen LogP contribution < -0.4 is 20.5 Å². The normalized spacial score (nSPS) is 14.1. The number of nitrogens with two attached hydrogens (primary N) is 1. The molecule has 5 rings (SSSR count). The van der Waals surface area contributed by atoms with Crippen LogP contribution in [0.4, 0.5) is 17.6 Å². The molecule has 0 bridgehead atoms. The smallest absolute Gasteiger partial charge is 0.424 e. The number of carbonyl (C=O) groups excluding carboxylic acids is 2. The molecule has 0 fully saturated rings. The summed E-state index contributed by atoms with van der Waals surface area (Å²) in [6, 6.07) is 12.5. The molecule has 0 radical (unpaired) electrons. The highest BCUT2D eigenvalue weighted by atomic mass is 19.4. The second-order valence-corrected chi connectivity index (χ2v) is 10.8. The Morgan fingerprint density at radius 3 is 2.36 bits per heavy atom. The lowest BCUT2D eigenvalue weighted by Gasteiger charge is -2.31. The Hall–Kier alpha value is -4.71. The fraction of sp³-hybridized carbons (Fsp3) is 0.303. The predicted molar refractivity (Wildman–Crippen MR) is 159 cm³/mol. The molecule has 12 heteroatoms. The van der Waals surface area contributed by atoms with Crippen LogP contribution in [0.3, 0.4) is 0 Å². The molecular formula is C33H31F4N3O5. The van der Waals surface area contributed by atoms with Crippen molar-refractivity contribution in [2.24, 2.45) is 5.73 Å². The average Bonchev–Trinajstić information content (AvgIpc) is 3.45. The molecule has 0 aliphatic heterocycles. The summed E-state index contributed by atoms with van der Waals surface area (Å²) in [6.45, 7) is 0.353. The van der Waals surface area contributed by atoms with Gasteiger partial charge in [-0.05, 0) is 91.2 Å². The second-order valence-electron chi connectivity index (χ2n) is 10.8. The quantitative estimate of drug-likeness (QED) is 0.210. The monoisotopic (exact) mass is 625 g/mol. The number of nitrogens with zero attached hydrogens (tertiary/aromatic N) is 1. The molecule has 0 unspecified atom stereocenters. The molecule has 1 aromatic heterocycles. The minimum Gasteiger partial charge on any atom is -0.496 e. The van der Waals surface area contributed by atoms with Gasteiger partial charge in [-0.2, -0.15) is 13.2 Å². The number of hydrogen-bond acceptors (Lipinski definition) is 6. The molecule has 8 nitrogen and oxygen atoms in total. The number of fused-ring (bicyclic) bond motifs is 2. The minimum absolute atomic E-state index is 0.0305. The van der Waals surface area contributed by atoms with E-state index in [1.165, 1.54) is 30.9 Å². The number of aliphatic hydroxyl groups is 1. The van der Waals surface area contributed by atoms with E-state index in [4.69, 9.17) is 15.2 Å². The fourth-order valence-corrected chi connectivity index (χ4v) is 5.58. The molecule has 0 saturated heterocycles. The van der Waals surface area contributed by atoms with Crippen molar-refractivity contribution < 1.29 is 41.7 Å². The van der Waals surface area contributed by atoms with Crippen LogP contribution in [0.1, 0.15) is 46.1 Å². The Labute approximate surface area is 256 Å². The fourth-order valence-electron chi connectivity index (χ4n) is 5.58. The summed E-state index contributed by atoms with van der Waals surface area (Å²) in [5.74, 6) is -2.03. The maximum Gasteiger partial charge on any atom is 0.424 e. The SMILES string of the molecule is CCOc1c(CC(N)=O)cc([C@@](O)(CNC(=O)c2cc(OC)c3cc4c(cc3c2)CCC4)C(F)(F)F)nc1-c1ccc(F)cc1. The van der Waals surface area contributed by atoms with Crippen molar-refractivity contribution in [3.63, 3.8) is 0 Å². The predicted octanol–water partition coefficient (Wildman–Crippen LogP) is 5.14. The van der Waals surface area contributed by atoms with Gasteiger partial charge in [0.05, 0.1) is 32.4 Å². The number of halogens is 4. The number of primary amides is 1. The molecule has 1 atom stereocenters. The van der Waals surface area contributed by atoms with Gasteiger partial charge in [-0.15, -0.1) is 0 Å². The van der Waals surface area contributed by atoms with Gasteiger partial charge in [0.2, 0.25) is 11.5 Å².